The van der Waals surface area contributed by atoms with Gasteiger partial charge in [0.05, 0.1) is 13.0 Å². The molecule has 0 bridgehead atoms. The van der Waals surface area contributed by atoms with Gasteiger partial charge < -0.3 is 4.74 Å². The van der Waals surface area contributed by atoms with Crippen molar-refractivity contribution < 1.29 is 40.3 Å². The topological polar surface area (TPSA) is 26.3 Å². The van der Waals surface area contributed by atoms with Crippen molar-refractivity contribution in [2.75, 3.05) is 6.61 Å². The van der Waals surface area contributed by atoms with Crippen LogP contribution in [0.5, 0.6) is 0 Å². The van der Waals surface area contributed by atoms with E-state index in [1.807, 2.05) is 0 Å². The predicted octanol–water partition coefficient (Wildman–Crippen LogP) is 3.80. The number of hydrogen-bond acceptors (Lipinski definition) is 2. The van der Waals surface area contributed by atoms with Gasteiger partial charge in [-0.25, -0.2) is 0 Å². The van der Waals surface area contributed by atoms with E-state index in [0.29, 0.717) is 0 Å². The quantitative estimate of drug-likeness (QED) is 0.551. The molecule has 0 spiro atoms. The molecule has 9 heteroatoms. The summed E-state index contributed by atoms with van der Waals surface area (Å²) in [5.41, 5.74) is 0. The van der Waals surface area contributed by atoms with Crippen LogP contribution in [-0.2, 0) is 9.53 Å². The predicted molar refractivity (Wildman–Crippen MR) is 51.0 cm³/mol. The molecule has 0 radical (unpaired) electrons. The van der Waals surface area contributed by atoms with Crippen molar-refractivity contribution in [3.8, 4) is 0 Å². The lowest BCUT2D eigenvalue weighted by Crippen LogP contribution is -2.52. The van der Waals surface area contributed by atoms with Gasteiger partial charge >= 0.3 is 24.0 Å². The van der Waals surface area contributed by atoms with Crippen LogP contribution >= 0.6 is 0 Å². The minimum atomic E-state index is -6.38. The highest BCUT2D eigenvalue weighted by molar-refractivity contribution is 5.69. The van der Waals surface area contributed by atoms with Crippen molar-refractivity contribution in [1.29, 1.82) is 0 Å². The summed E-state index contributed by atoms with van der Waals surface area (Å²) < 4.78 is 90.1. The molecule has 2 nitrogen and oxygen atoms in total. The number of esters is 1. The monoisotopic (exact) mass is 298 g/mol. The van der Waals surface area contributed by atoms with Crippen LogP contribution in [0.1, 0.15) is 26.7 Å². The fourth-order valence-electron chi connectivity index (χ4n) is 0.955. The number of rotatable bonds is 6. The van der Waals surface area contributed by atoms with Gasteiger partial charge in [0.15, 0.2) is 0 Å². The first-order chi connectivity index (χ1) is 8.31. The van der Waals surface area contributed by atoms with Crippen LogP contribution in [0.4, 0.5) is 30.7 Å². The number of carbonyl (C=O) groups excluding carboxylic acids is 1. The Balaban J connectivity index is 4.50. The van der Waals surface area contributed by atoms with E-state index in [2.05, 4.69) is 4.74 Å². The molecular formula is C10H13F7O2. The minimum absolute atomic E-state index is 0.110. The third-order valence-corrected chi connectivity index (χ3v) is 2.04. The van der Waals surface area contributed by atoms with Crippen LogP contribution in [-0.4, -0.2) is 30.6 Å². The van der Waals surface area contributed by atoms with Crippen LogP contribution in [0, 0.1) is 5.92 Å². The van der Waals surface area contributed by atoms with E-state index in [-0.39, 0.29) is 12.5 Å². The van der Waals surface area contributed by atoms with Gasteiger partial charge in [0.1, 0.15) is 0 Å². The lowest BCUT2D eigenvalue weighted by atomic mass is 10.1. The molecule has 114 valence electrons. The summed E-state index contributed by atoms with van der Waals surface area (Å²) in [5, 5.41) is 0. The molecule has 19 heavy (non-hydrogen) atoms. The third-order valence-electron chi connectivity index (χ3n) is 2.04. The first-order valence-corrected chi connectivity index (χ1v) is 5.29. The Morgan fingerprint density at radius 1 is 1.05 bits per heavy atom. The molecule has 0 unspecified atom stereocenters. The Labute approximate surface area is 104 Å². The van der Waals surface area contributed by atoms with E-state index in [1.165, 1.54) is 0 Å². The van der Waals surface area contributed by atoms with Gasteiger partial charge in [-0.1, -0.05) is 13.8 Å². The van der Waals surface area contributed by atoms with E-state index in [1.54, 1.807) is 13.8 Å². The molecule has 0 aliphatic heterocycles. The van der Waals surface area contributed by atoms with E-state index >= 15 is 0 Å². The van der Waals surface area contributed by atoms with E-state index in [9.17, 15) is 35.5 Å². The maximum absolute atomic E-state index is 12.8. The largest absolute Gasteiger partial charge is 0.465 e. The zero-order valence-electron chi connectivity index (χ0n) is 10.2. The summed E-state index contributed by atoms with van der Waals surface area (Å²) >= 11 is 0. The molecule has 0 aromatic rings. The summed E-state index contributed by atoms with van der Waals surface area (Å²) in [7, 11) is 0. The maximum Gasteiger partial charge on any atom is 0.459 e. The first kappa shape index (κ1) is 18.0. The zero-order valence-corrected chi connectivity index (χ0v) is 10.2. The van der Waals surface area contributed by atoms with Crippen LogP contribution < -0.4 is 0 Å². The van der Waals surface area contributed by atoms with Crippen molar-refractivity contribution in [3.05, 3.63) is 0 Å². The van der Waals surface area contributed by atoms with Gasteiger partial charge in [-0.2, -0.15) is 30.7 Å². The standard InChI is InChI=1S/C10H13F7O2/c1-6(2)5-19-7(18)3-4-8(11,12)9(13,14)10(15,16)17/h6H,3-5H2,1-2H3. The van der Waals surface area contributed by atoms with E-state index < -0.39 is 36.8 Å². The molecule has 0 aliphatic rings. The average Bonchev–Trinajstić information content (AvgIpc) is 2.21. The summed E-state index contributed by atoms with van der Waals surface area (Å²) in [5.74, 6) is -12.9. The van der Waals surface area contributed by atoms with Gasteiger partial charge in [0, 0.05) is 6.42 Å². The summed E-state index contributed by atoms with van der Waals surface area (Å²) in [6, 6.07) is 0. The van der Waals surface area contributed by atoms with Gasteiger partial charge in [-0.15, -0.1) is 0 Å². The number of alkyl halides is 7. The molecule has 0 aromatic carbocycles. The average molecular weight is 298 g/mol. The zero-order chi connectivity index (χ0) is 15.5. The van der Waals surface area contributed by atoms with Gasteiger partial charge in [-0.05, 0) is 5.92 Å². The Morgan fingerprint density at radius 2 is 1.53 bits per heavy atom. The molecule has 0 aliphatic carbocycles. The second-order valence-corrected chi connectivity index (χ2v) is 4.35. The number of ether oxygens (including phenoxy) is 1. The highest BCUT2D eigenvalue weighted by Gasteiger charge is 2.72. The molecule has 0 aromatic heterocycles. The van der Waals surface area contributed by atoms with Gasteiger partial charge in [0.25, 0.3) is 0 Å². The molecular weight excluding hydrogens is 285 g/mol. The fourth-order valence-corrected chi connectivity index (χ4v) is 0.955. The fraction of sp³-hybridized carbons (Fsp3) is 0.900. The molecule has 0 heterocycles. The van der Waals surface area contributed by atoms with Crippen molar-refractivity contribution >= 4 is 5.97 Å². The molecule has 0 atom stereocenters. The van der Waals surface area contributed by atoms with Gasteiger partial charge in [0.2, 0.25) is 0 Å². The lowest BCUT2D eigenvalue weighted by Gasteiger charge is -2.27. The summed E-state index contributed by atoms with van der Waals surface area (Å²) in [6.07, 6.45) is -9.53. The number of carbonyl (C=O) groups is 1. The number of halogens is 7. The first-order valence-electron chi connectivity index (χ1n) is 5.29. The second kappa shape index (κ2) is 5.96. The molecule has 0 saturated heterocycles. The third kappa shape index (κ3) is 4.87. The molecule has 0 fully saturated rings. The second-order valence-electron chi connectivity index (χ2n) is 4.35. The SMILES string of the molecule is CC(C)COC(=O)CCC(F)(F)C(F)(F)C(F)(F)F. The molecule has 0 amide bonds. The molecule has 0 saturated carbocycles. The summed E-state index contributed by atoms with van der Waals surface area (Å²) in [4.78, 5) is 10.9. The van der Waals surface area contributed by atoms with E-state index in [0.717, 1.165) is 0 Å². The highest BCUT2D eigenvalue weighted by atomic mass is 19.4. The Morgan fingerprint density at radius 3 is 1.89 bits per heavy atom. The lowest BCUT2D eigenvalue weighted by molar-refractivity contribution is -0.355. The van der Waals surface area contributed by atoms with E-state index in [4.69, 9.17) is 0 Å². The van der Waals surface area contributed by atoms with Crippen LogP contribution in [0.2, 0.25) is 0 Å². The van der Waals surface area contributed by atoms with Crippen molar-refractivity contribution in [2.45, 2.75) is 44.7 Å². The molecule has 0 N–H and O–H groups in total. The van der Waals surface area contributed by atoms with Crippen molar-refractivity contribution in [2.24, 2.45) is 5.92 Å². The minimum Gasteiger partial charge on any atom is -0.465 e. The van der Waals surface area contributed by atoms with Crippen LogP contribution in [0.15, 0.2) is 0 Å². The normalized spacial score (nSPS) is 13.8. The van der Waals surface area contributed by atoms with Crippen molar-refractivity contribution in [3.63, 3.8) is 0 Å². The number of hydrogen-bond donors (Lipinski definition) is 0. The Kier molecular flexibility index (Phi) is 5.64. The molecule has 0 rings (SSSR count). The Hall–Kier alpha value is -1.02. The van der Waals surface area contributed by atoms with Crippen molar-refractivity contribution in [1.82, 2.24) is 0 Å². The smallest absolute Gasteiger partial charge is 0.459 e. The maximum atomic E-state index is 12.8. The van der Waals surface area contributed by atoms with Gasteiger partial charge in [-0.3, -0.25) is 4.79 Å². The summed E-state index contributed by atoms with van der Waals surface area (Å²) in [6.45, 7) is 3.15. The van der Waals surface area contributed by atoms with Crippen LogP contribution in [0.25, 0.3) is 0 Å². The van der Waals surface area contributed by atoms with Crippen LogP contribution in [0.3, 0.4) is 0 Å². The Bertz CT molecular complexity index is 309. The highest BCUT2D eigenvalue weighted by Crippen LogP contribution is 2.48.